The number of hydrogen-bond donors (Lipinski definition) is 2. The third kappa shape index (κ3) is 3.97. The summed E-state index contributed by atoms with van der Waals surface area (Å²) in [7, 11) is 0. The van der Waals surface area contributed by atoms with Crippen molar-refractivity contribution in [2.75, 3.05) is 13.2 Å². The highest BCUT2D eigenvalue weighted by atomic mass is 19.4. The molecular formula is C24H23F3N2O5. The summed E-state index contributed by atoms with van der Waals surface area (Å²) >= 11 is 0. The minimum atomic E-state index is -5.18. The molecule has 180 valence electrons. The summed E-state index contributed by atoms with van der Waals surface area (Å²) < 4.78 is 47.1. The maximum Gasteiger partial charge on any atom is 0.420 e. The Hall–Kier alpha value is -3.56. The van der Waals surface area contributed by atoms with Gasteiger partial charge in [0.05, 0.1) is 0 Å². The third-order valence-electron chi connectivity index (χ3n) is 6.49. The summed E-state index contributed by atoms with van der Waals surface area (Å²) in [5.74, 6) is -3.30. The summed E-state index contributed by atoms with van der Waals surface area (Å²) in [4.78, 5) is 37.4. The molecule has 2 N–H and O–H groups in total. The van der Waals surface area contributed by atoms with Crippen LogP contribution in [0, 0.1) is 0 Å². The summed E-state index contributed by atoms with van der Waals surface area (Å²) in [6.07, 6.45) is -6.30. The highest BCUT2D eigenvalue weighted by Crippen LogP contribution is 2.44. The van der Waals surface area contributed by atoms with Crippen LogP contribution in [0.4, 0.5) is 18.0 Å². The van der Waals surface area contributed by atoms with E-state index in [1.807, 2.05) is 48.5 Å². The number of likely N-dealkylation sites (tertiary alicyclic amines) is 1. The van der Waals surface area contributed by atoms with Crippen molar-refractivity contribution in [1.29, 1.82) is 0 Å². The average Bonchev–Trinajstić information content (AvgIpc) is 3.40. The molecule has 10 heteroatoms. The average molecular weight is 476 g/mol. The van der Waals surface area contributed by atoms with Crippen molar-refractivity contribution in [3.05, 3.63) is 59.7 Å². The second-order valence-corrected chi connectivity index (χ2v) is 8.57. The molecule has 0 aromatic heterocycles. The van der Waals surface area contributed by atoms with Gasteiger partial charge < -0.3 is 14.7 Å². The van der Waals surface area contributed by atoms with E-state index in [0.29, 0.717) is 11.8 Å². The van der Waals surface area contributed by atoms with Gasteiger partial charge >= 0.3 is 18.2 Å². The van der Waals surface area contributed by atoms with Crippen molar-refractivity contribution in [3.8, 4) is 11.1 Å². The first-order valence-electron chi connectivity index (χ1n) is 10.8. The number of benzene rings is 2. The lowest BCUT2D eigenvalue weighted by Crippen LogP contribution is -2.66. The summed E-state index contributed by atoms with van der Waals surface area (Å²) in [6.45, 7) is 0.144. The normalized spacial score (nSPS) is 19.2. The Labute approximate surface area is 193 Å². The number of ether oxygens (including phenoxy) is 1. The number of carbonyl (C=O) groups is 3. The molecule has 34 heavy (non-hydrogen) atoms. The lowest BCUT2D eigenvalue weighted by atomic mass is 9.98. The maximum absolute atomic E-state index is 14.0. The molecule has 2 amide bonds. The monoisotopic (exact) mass is 476 g/mol. The molecule has 2 aromatic carbocycles. The van der Waals surface area contributed by atoms with E-state index in [0.717, 1.165) is 22.3 Å². The highest BCUT2D eigenvalue weighted by Gasteiger charge is 2.61. The standard InChI is InChI=1S/C24H23F3N2O5/c1-23(24(25,26)27,21(32)29-12-6-11-19(29)20(30)31)28-22(33)34-13-18-16-9-4-2-7-14(16)15-8-3-5-10-17(15)18/h2-5,7-10,18-19H,6,11-13H2,1H3,(H,28,33)(H,30,31)/t19-,23?/m1/s1. The van der Waals surface area contributed by atoms with Gasteiger partial charge in [-0.1, -0.05) is 48.5 Å². The number of hydrogen-bond acceptors (Lipinski definition) is 4. The molecule has 4 rings (SSSR count). The van der Waals surface area contributed by atoms with Crippen LogP contribution in [-0.4, -0.2) is 58.9 Å². The largest absolute Gasteiger partial charge is 0.480 e. The first-order chi connectivity index (χ1) is 16.0. The van der Waals surface area contributed by atoms with Gasteiger partial charge in [0.25, 0.3) is 5.91 Å². The van der Waals surface area contributed by atoms with E-state index < -0.39 is 35.7 Å². The highest BCUT2D eigenvalue weighted by molar-refractivity contribution is 5.93. The Balaban J connectivity index is 1.52. The zero-order valence-electron chi connectivity index (χ0n) is 18.3. The van der Waals surface area contributed by atoms with Crippen molar-refractivity contribution >= 4 is 18.0 Å². The molecular weight excluding hydrogens is 453 g/mol. The molecule has 1 fully saturated rings. The molecule has 0 saturated carbocycles. The van der Waals surface area contributed by atoms with Gasteiger partial charge in [0.15, 0.2) is 0 Å². The molecule has 2 atom stereocenters. The van der Waals surface area contributed by atoms with E-state index in [9.17, 15) is 32.7 Å². The van der Waals surface area contributed by atoms with E-state index in [-0.39, 0.29) is 31.9 Å². The molecule has 0 bridgehead atoms. The second-order valence-electron chi connectivity index (χ2n) is 8.57. The molecule has 1 unspecified atom stereocenters. The topological polar surface area (TPSA) is 95.9 Å². The Morgan fingerprint density at radius 1 is 1.06 bits per heavy atom. The van der Waals surface area contributed by atoms with Crippen molar-refractivity contribution < 1.29 is 37.4 Å². The third-order valence-corrected chi connectivity index (χ3v) is 6.49. The Morgan fingerprint density at radius 3 is 2.15 bits per heavy atom. The number of carboxylic acids is 1. The van der Waals surface area contributed by atoms with Crippen molar-refractivity contribution in [3.63, 3.8) is 0 Å². The van der Waals surface area contributed by atoms with Gasteiger partial charge in [-0.2, -0.15) is 13.2 Å². The fourth-order valence-corrected chi connectivity index (χ4v) is 4.64. The summed E-state index contributed by atoms with van der Waals surface area (Å²) in [5, 5.41) is 10.9. The number of nitrogens with one attached hydrogen (secondary N) is 1. The fourth-order valence-electron chi connectivity index (χ4n) is 4.64. The van der Waals surface area contributed by atoms with Crippen LogP contribution in [-0.2, 0) is 14.3 Å². The second kappa shape index (κ2) is 8.66. The molecule has 0 spiro atoms. The van der Waals surface area contributed by atoms with Crippen LogP contribution >= 0.6 is 0 Å². The molecule has 1 heterocycles. The minimum Gasteiger partial charge on any atom is -0.480 e. The number of fused-ring (bicyclic) bond motifs is 3. The van der Waals surface area contributed by atoms with E-state index >= 15 is 0 Å². The lowest BCUT2D eigenvalue weighted by Gasteiger charge is -2.36. The number of nitrogens with zero attached hydrogens (tertiary/aromatic N) is 1. The number of rotatable bonds is 5. The SMILES string of the molecule is CC(NC(=O)OCC1c2ccccc2-c2ccccc21)(C(=O)N1CCC[C@@H]1C(=O)O)C(F)(F)F. The van der Waals surface area contributed by atoms with Crippen molar-refractivity contribution in [2.24, 2.45) is 0 Å². The zero-order chi connectivity index (χ0) is 24.7. The number of carboxylic acid groups (broad SMARTS) is 1. The number of aliphatic carboxylic acids is 1. The van der Waals surface area contributed by atoms with Crippen LogP contribution in [0.25, 0.3) is 11.1 Å². The van der Waals surface area contributed by atoms with Gasteiger partial charge in [0.1, 0.15) is 12.6 Å². The number of carbonyl (C=O) groups excluding carboxylic acids is 2. The summed E-state index contributed by atoms with van der Waals surface area (Å²) in [5.41, 5.74) is 0.334. The predicted octanol–water partition coefficient (Wildman–Crippen LogP) is 3.92. The number of amides is 2. The first-order valence-corrected chi connectivity index (χ1v) is 10.8. The van der Waals surface area contributed by atoms with Crippen LogP contribution in [0.3, 0.4) is 0 Å². The quantitative estimate of drug-likeness (QED) is 0.682. The number of halogens is 3. The van der Waals surface area contributed by atoms with Crippen LogP contribution in [0.2, 0.25) is 0 Å². The van der Waals surface area contributed by atoms with Crippen molar-refractivity contribution in [2.45, 2.75) is 43.4 Å². The van der Waals surface area contributed by atoms with Crippen LogP contribution in [0.15, 0.2) is 48.5 Å². The first kappa shape index (κ1) is 23.6. The van der Waals surface area contributed by atoms with Gasteiger partial charge in [-0.3, -0.25) is 10.1 Å². The zero-order valence-corrected chi connectivity index (χ0v) is 18.3. The molecule has 1 aliphatic heterocycles. The summed E-state index contributed by atoms with van der Waals surface area (Å²) in [6, 6.07) is 13.6. The molecule has 2 aliphatic rings. The van der Waals surface area contributed by atoms with Crippen LogP contribution in [0.5, 0.6) is 0 Å². The fraction of sp³-hybridized carbons (Fsp3) is 0.375. The number of alkyl carbamates (subject to hydrolysis) is 1. The van der Waals surface area contributed by atoms with Crippen LogP contribution < -0.4 is 5.32 Å². The lowest BCUT2D eigenvalue weighted by molar-refractivity contribution is -0.201. The van der Waals surface area contributed by atoms with Gasteiger partial charge in [0, 0.05) is 12.5 Å². The molecule has 2 aromatic rings. The predicted molar refractivity (Wildman–Crippen MR) is 115 cm³/mol. The van der Waals surface area contributed by atoms with E-state index in [1.54, 1.807) is 5.32 Å². The smallest absolute Gasteiger partial charge is 0.420 e. The van der Waals surface area contributed by atoms with Gasteiger partial charge in [0.2, 0.25) is 5.54 Å². The van der Waals surface area contributed by atoms with E-state index in [2.05, 4.69) is 0 Å². The number of alkyl halides is 3. The minimum absolute atomic E-state index is 0.0416. The van der Waals surface area contributed by atoms with Gasteiger partial charge in [-0.25, -0.2) is 9.59 Å². The molecule has 0 radical (unpaired) electrons. The van der Waals surface area contributed by atoms with Gasteiger partial charge in [-0.05, 0) is 42.0 Å². The molecule has 7 nitrogen and oxygen atoms in total. The van der Waals surface area contributed by atoms with Crippen molar-refractivity contribution in [1.82, 2.24) is 10.2 Å². The molecule has 1 aliphatic carbocycles. The van der Waals surface area contributed by atoms with Crippen LogP contribution in [0.1, 0.15) is 36.8 Å². The van der Waals surface area contributed by atoms with E-state index in [1.165, 1.54) is 0 Å². The Kier molecular flexibility index (Phi) is 6.01. The Morgan fingerprint density at radius 2 is 1.62 bits per heavy atom. The van der Waals surface area contributed by atoms with Gasteiger partial charge in [-0.15, -0.1) is 0 Å². The molecule has 1 saturated heterocycles. The maximum atomic E-state index is 14.0. The Bertz CT molecular complexity index is 1090. The van der Waals surface area contributed by atoms with E-state index in [4.69, 9.17) is 4.74 Å².